The topological polar surface area (TPSA) is 59.9 Å². The Bertz CT molecular complexity index is 1260. The number of aryl methyl sites for hydroxylation is 1. The zero-order chi connectivity index (χ0) is 23.4. The van der Waals surface area contributed by atoms with Crippen LogP contribution in [0, 0.1) is 16.3 Å². The zero-order valence-corrected chi connectivity index (χ0v) is 20.9. The summed E-state index contributed by atoms with van der Waals surface area (Å²) in [7, 11) is 1.56. The first-order valence-electron chi connectivity index (χ1n) is 10.0. The van der Waals surface area contributed by atoms with Crippen LogP contribution in [0.1, 0.15) is 16.7 Å². The molecule has 3 aromatic carbocycles. The number of carbonyl (C=O) groups excluding carboxylic acids is 1. The second kappa shape index (κ2) is 10.4. The minimum Gasteiger partial charge on any atom is -0.493 e. The zero-order valence-electron chi connectivity index (χ0n) is 17.9. The lowest BCUT2D eigenvalue weighted by atomic mass is 10.2. The number of aliphatic imine (C=N–C) groups is 1. The van der Waals surface area contributed by atoms with Crippen molar-refractivity contribution in [2.45, 2.75) is 13.5 Å². The molecule has 0 bridgehead atoms. The Kier molecular flexibility index (Phi) is 7.34. The van der Waals surface area contributed by atoms with Gasteiger partial charge in [0.05, 0.1) is 21.3 Å². The fourth-order valence-electron chi connectivity index (χ4n) is 3.11. The molecule has 3 aromatic rings. The Morgan fingerprint density at radius 1 is 1.15 bits per heavy atom. The number of hydrogen-bond donors (Lipinski definition) is 1. The Morgan fingerprint density at radius 3 is 2.67 bits per heavy atom. The summed E-state index contributed by atoms with van der Waals surface area (Å²) in [5.74, 6) is 0.584. The van der Waals surface area contributed by atoms with Crippen molar-refractivity contribution < 1.29 is 18.7 Å². The van der Waals surface area contributed by atoms with E-state index in [1.807, 2.05) is 37.3 Å². The van der Waals surface area contributed by atoms with E-state index in [1.165, 1.54) is 23.9 Å². The van der Waals surface area contributed by atoms with Crippen LogP contribution >= 0.6 is 34.4 Å². The summed E-state index contributed by atoms with van der Waals surface area (Å²) in [5, 5.41) is 3.34. The first-order chi connectivity index (χ1) is 15.9. The number of hydrogen-bond acceptors (Lipinski definition) is 5. The Labute approximate surface area is 209 Å². The van der Waals surface area contributed by atoms with E-state index in [0.717, 1.165) is 25.9 Å². The maximum absolute atomic E-state index is 13.4. The van der Waals surface area contributed by atoms with E-state index >= 15 is 0 Å². The summed E-state index contributed by atoms with van der Waals surface area (Å²) in [4.78, 5) is 17.5. The van der Waals surface area contributed by atoms with Gasteiger partial charge < -0.3 is 14.8 Å². The average molecular weight is 574 g/mol. The van der Waals surface area contributed by atoms with Gasteiger partial charge in [0.25, 0.3) is 5.91 Å². The summed E-state index contributed by atoms with van der Waals surface area (Å²) < 4.78 is 25.7. The number of nitrogens with zero attached hydrogens (tertiary/aromatic N) is 1. The molecule has 0 aliphatic carbocycles. The third kappa shape index (κ3) is 5.94. The number of amidine groups is 1. The monoisotopic (exact) mass is 574 g/mol. The molecule has 1 aliphatic heterocycles. The minimum atomic E-state index is -0.308. The van der Waals surface area contributed by atoms with Crippen LogP contribution in [-0.4, -0.2) is 18.2 Å². The molecule has 1 N–H and O–H groups in total. The third-order valence-electron chi connectivity index (χ3n) is 4.74. The lowest BCUT2D eigenvalue weighted by Gasteiger charge is -2.14. The van der Waals surface area contributed by atoms with Crippen LogP contribution < -0.4 is 14.8 Å². The molecule has 0 atom stereocenters. The number of amides is 1. The van der Waals surface area contributed by atoms with Crippen LogP contribution in [0.3, 0.4) is 0 Å². The van der Waals surface area contributed by atoms with Crippen molar-refractivity contribution in [2.75, 3.05) is 7.11 Å². The fraction of sp³-hybridized carbons (Fsp3) is 0.120. The highest BCUT2D eigenvalue weighted by Crippen LogP contribution is 2.36. The van der Waals surface area contributed by atoms with Crippen LogP contribution in [0.25, 0.3) is 6.08 Å². The lowest BCUT2D eigenvalue weighted by molar-refractivity contribution is -0.115. The molecule has 1 heterocycles. The van der Waals surface area contributed by atoms with Gasteiger partial charge in [-0.25, -0.2) is 9.38 Å². The summed E-state index contributed by atoms with van der Waals surface area (Å²) in [6.07, 6.45) is 1.79. The Balaban J connectivity index is 1.53. The molecule has 0 spiro atoms. The highest BCUT2D eigenvalue weighted by Gasteiger charge is 2.24. The van der Waals surface area contributed by atoms with Gasteiger partial charge in [-0.1, -0.05) is 29.8 Å². The molecular formula is C25H20FIN2O3S. The Morgan fingerprint density at radius 2 is 1.94 bits per heavy atom. The largest absolute Gasteiger partial charge is 0.493 e. The molecule has 4 rings (SSSR count). The second-order valence-corrected chi connectivity index (χ2v) is 9.46. The maximum atomic E-state index is 13.4. The van der Waals surface area contributed by atoms with E-state index in [4.69, 9.17) is 9.47 Å². The van der Waals surface area contributed by atoms with E-state index in [0.29, 0.717) is 21.6 Å². The lowest BCUT2D eigenvalue weighted by Crippen LogP contribution is -2.19. The molecule has 168 valence electrons. The highest BCUT2D eigenvalue weighted by molar-refractivity contribution is 14.1. The molecule has 1 fully saturated rings. The van der Waals surface area contributed by atoms with Crippen molar-refractivity contribution >= 4 is 57.2 Å². The second-order valence-electron chi connectivity index (χ2n) is 7.27. The first-order valence-corrected chi connectivity index (χ1v) is 11.9. The van der Waals surface area contributed by atoms with E-state index in [9.17, 15) is 9.18 Å². The van der Waals surface area contributed by atoms with Crippen molar-refractivity contribution in [1.82, 2.24) is 5.32 Å². The molecule has 1 saturated heterocycles. The molecule has 0 unspecified atom stereocenters. The number of nitrogens with one attached hydrogen (secondary N) is 1. The molecule has 0 radical (unpaired) electrons. The average Bonchev–Trinajstić information content (AvgIpc) is 3.12. The van der Waals surface area contributed by atoms with Crippen LogP contribution in [0.15, 0.2) is 70.6 Å². The van der Waals surface area contributed by atoms with E-state index in [1.54, 1.807) is 31.4 Å². The van der Waals surface area contributed by atoms with Crippen molar-refractivity contribution in [3.05, 3.63) is 91.6 Å². The van der Waals surface area contributed by atoms with Crippen molar-refractivity contribution in [1.29, 1.82) is 0 Å². The summed E-state index contributed by atoms with van der Waals surface area (Å²) in [6.45, 7) is 2.22. The number of carbonyl (C=O) groups is 1. The first kappa shape index (κ1) is 23.3. The number of thioether (sulfide) groups is 1. The standard InChI is InChI=1S/C25H20FIN2O3S/c1-15-6-8-19(9-7-15)28-25-29-24(30)22(33-25)13-17-11-20(27)23(21(12-17)31-2)32-14-16-4-3-5-18(26)10-16/h3-13H,14H2,1-2H3,(H,28,29,30)/b22-13+. The number of halogens is 2. The van der Waals surface area contributed by atoms with Gasteiger partial charge in [-0.3, -0.25) is 4.79 Å². The fourth-order valence-corrected chi connectivity index (χ4v) is 4.74. The Hall–Kier alpha value is -2.85. The summed E-state index contributed by atoms with van der Waals surface area (Å²) in [6, 6.07) is 17.7. The van der Waals surface area contributed by atoms with Crippen LogP contribution in [0.2, 0.25) is 0 Å². The van der Waals surface area contributed by atoms with Crippen molar-refractivity contribution in [2.24, 2.45) is 4.99 Å². The van der Waals surface area contributed by atoms with Gasteiger partial charge in [0.2, 0.25) is 0 Å². The van der Waals surface area contributed by atoms with E-state index < -0.39 is 0 Å². The molecule has 1 amide bonds. The van der Waals surface area contributed by atoms with Crippen LogP contribution in [0.4, 0.5) is 10.1 Å². The smallest absolute Gasteiger partial charge is 0.264 e. The van der Waals surface area contributed by atoms with Crippen molar-refractivity contribution in [3.8, 4) is 11.5 Å². The van der Waals surface area contributed by atoms with Gasteiger partial charge in [-0.2, -0.15) is 0 Å². The van der Waals surface area contributed by atoms with Gasteiger partial charge in [0.15, 0.2) is 16.7 Å². The molecule has 0 saturated carbocycles. The molecule has 0 aromatic heterocycles. The number of methoxy groups -OCH3 is 1. The molecule has 8 heteroatoms. The van der Waals surface area contributed by atoms with Gasteiger partial charge in [-0.05, 0) is 94.9 Å². The van der Waals surface area contributed by atoms with Crippen LogP contribution in [0.5, 0.6) is 11.5 Å². The van der Waals surface area contributed by atoms with E-state index in [2.05, 4.69) is 32.9 Å². The quantitative estimate of drug-likeness (QED) is 0.281. The predicted octanol–water partition coefficient (Wildman–Crippen LogP) is 6.22. The number of benzene rings is 3. The maximum Gasteiger partial charge on any atom is 0.264 e. The van der Waals surface area contributed by atoms with Gasteiger partial charge >= 0.3 is 0 Å². The summed E-state index contributed by atoms with van der Waals surface area (Å²) >= 11 is 3.44. The highest BCUT2D eigenvalue weighted by atomic mass is 127. The van der Waals surface area contributed by atoms with Gasteiger partial charge in [0.1, 0.15) is 12.4 Å². The van der Waals surface area contributed by atoms with Gasteiger partial charge in [0, 0.05) is 0 Å². The van der Waals surface area contributed by atoms with Gasteiger partial charge in [-0.15, -0.1) is 0 Å². The number of ether oxygens (including phenoxy) is 2. The SMILES string of the molecule is COc1cc(/C=C2/SC(=Nc3ccc(C)cc3)NC2=O)cc(I)c1OCc1cccc(F)c1. The number of rotatable bonds is 6. The van der Waals surface area contributed by atoms with Crippen LogP contribution in [-0.2, 0) is 11.4 Å². The minimum absolute atomic E-state index is 0.203. The van der Waals surface area contributed by atoms with Crippen molar-refractivity contribution in [3.63, 3.8) is 0 Å². The molecule has 33 heavy (non-hydrogen) atoms. The normalized spacial score (nSPS) is 15.7. The molecule has 5 nitrogen and oxygen atoms in total. The predicted molar refractivity (Wildman–Crippen MR) is 138 cm³/mol. The molecule has 1 aliphatic rings. The van der Waals surface area contributed by atoms with E-state index in [-0.39, 0.29) is 18.3 Å². The third-order valence-corrected chi connectivity index (χ3v) is 6.45. The molecular weight excluding hydrogens is 554 g/mol. The summed E-state index contributed by atoms with van der Waals surface area (Å²) in [5.41, 5.74) is 3.44.